The number of H-pyrrole nitrogens is 1. The van der Waals surface area contributed by atoms with Crippen molar-refractivity contribution >= 4 is 16.9 Å². The molecule has 3 rings (SSSR count). The highest BCUT2D eigenvalue weighted by molar-refractivity contribution is 5.88. The average Bonchev–Trinajstić information content (AvgIpc) is 3.16. The first kappa shape index (κ1) is 12.1. The summed E-state index contributed by atoms with van der Waals surface area (Å²) in [5, 5.41) is 10.5. The number of hydrogen-bond donors (Lipinski definition) is 2. The summed E-state index contributed by atoms with van der Waals surface area (Å²) in [5.74, 6) is -0.0619. The number of benzene rings is 1. The van der Waals surface area contributed by atoms with Crippen LogP contribution in [-0.4, -0.2) is 23.2 Å². The summed E-state index contributed by atoms with van der Waals surface area (Å²) in [6, 6.07) is 5.78. The number of hydrogen-bond acceptors (Lipinski definition) is 2. The van der Waals surface area contributed by atoms with E-state index < -0.39 is 11.9 Å². The number of methoxy groups -OCH3 is 1. The molecule has 1 unspecified atom stereocenters. The van der Waals surface area contributed by atoms with Crippen LogP contribution in [0.15, 0.2) is 18.2 Å². The van der Waals surface area contributed by atoms with Crippen LogP contribution in [0.1, 0.15) is 30.0 Å². The molecular formula is C15H17NO3. The van der Waals surface area contributed by atoms with Crippen molar-refractivity contribution in [3.05, 3.63) is 29.5 Å². The summed E-state index contributed by atoms with van der Waals surface area (Å²) in [6.45, 7) is 1.98. The molecule has 1 aliphatic carbocycles. The number of aliphatic carboxylic acids is 1. The number of rotatable bonds is 4. The van der Waals surface area contributed by atoms with Crippen LogP contribution in [0, 0.1) is 12.8 Å². The Balaban J connectivity index is 2.13. The molecule has 1 aromatic heterocycles. The van der Waals surface area contributed by atoms with Gasteiger partial charge in [-0.15, -0.1) is 0 Å². The Morgan fingerprint density at radius 3 is 2.79 bits per heavy atom. The third-order valence-electron chi connectivity index (χ3n) is 3.97. The van der Waals surface area contributed by atoms with Gasteiger partial charge < -0.3 is 14.8 Å². The van der Waals surface area contributed by atoms with E-state index in [1.807, 2.05) is 25.1 Å². The first-order valence-electron chi connectivity index (χ1n) is 6.51. The molecule has 4 heteroatoms. The van der Waals surface area contributed by atoms with Crippen molar-refractivity contribution in [1.82, 2.24) is 4.98 Å². The molecule has 100 valence electrons. The highest BCUT2D eigenvalue weighted by Crippen LogP contribution is 2.44. The van der Waals surface area contributed by atoms with Crippen molar-refractivity contribution in [3.63, 3.8) is 0 Å². The van der Waals surface area contributed by atoms with Gasteiger partial charge in [-0.05, 0) is 49.4 Å². The third-order valence-corrected chi connectivity index (χ3v) is 3.97. The van der Waals surface area contributed by atoms with E-state index in [-0.39, 0.29) is 5.92 Å². The molecule has 1 aliphatic rings. The van der Waals surface area contributed by atoms with Crippen molar-refractivity contribution < 1.29 is 14.6 Å². The Morgan fingerprint density at radius 1 is 1.47 bits per heavy atom. The van der Waals surface area contributed by atoms with Crippen LogP contribution in [-0.2, 0) is 4.79 Å². The number of carboxylic acids is 1. The molecular weight excluding hydrogens is 242 g/mol. The van der Waals surface area contributed by atoms with Gasteiger partial charge >= 0.3 is 5.97 Å². The Bertz CT molecular complexity index is 640. The highest BCUT2D eigenvalue weighted by Gasteiger charge is 2.39. The second kappa shape index (κ2) is 4.30. The van der Waals surface area contributed by atoms with Crippen LogP contribution in [0.5, 0.6) is 5.75 Å². The Labute approximate surface area is 111 Å². The normalized spacial score (nSPS) is 16.5. The minimum atomic E-state index is -0.732. The second-order valence-corrected chi connectivity index (χ2v) is 5.23. The minimum absolute atomic E-state index is 0.283. The zero-order valence-corrected chi connectivity index (χ0v) is 11.1. The Morgan fingerprint density at radius 2 is 2.21 bits per heavy atom. The topological polar surface area (TPSA) is 62.3 Å². The summed E-state index contributed by atoms with van der Waals surface area (Å²) in [5.41, 5.74) is 2.84. The van der Waals surface area contributed by atoms with Crippen LogP contribution in [0.2, 0.25) is 0 Å². The lowest BCUT2D eigenvalue weighted by atomic mass is 9.96. The summed E-state index contributed by atoms with van der Waals surface area (Å²) in [6.07, 6.45) is 2.02. The lowest BCUT2D eigenvalue weighted by Crippen LogP contribution is -2.15. The molecule has 4 nitrogen and oxygen atoms in total. The van der Waals surface area contributed by atoms with Gasteiger partial charge in [0.1, 0.15) is 5.75 Å². The molecule has 0 aliphatic heterocycles. The van der Waals surface area contributed by atoms with Gasteiger partial charge in [-0.2, -0.15) is 0 Å². The molecule has 0 spiro atoms. The summed E-state index contributed by atoms with van der Waals surface area (Å²) in [4.78, 5) is 14.8. The smallest absolute Gasteiger partial charge is 0.312 e. The second-order valence-electron chi connectivity index (χ2n) is 5.23. The van der Waals surface area contributed by atoms with E-state index in [0.29, 0.717) is 0 Å². The summed E-state index contributed by atoms with van der Waals surface area (Å²) < 4.78 is 5.22. The molecule has 2 aromatic rings. The van der Waals surface area contributed by atoms with E-state index in [9.17, 15) is 9.90 Å². The monoisotopic (exact) mass is 259 g/mol. The molecule has 19 heavy (non-hydrogen) atoms. The Kier molecular flexibility index (Phi) is 2.73. The predicted octanol–water partition coefficient (Wildman–Crippen LogP) is 3.06. The molecule has 1 fully saturated rings. The van der Waals surface area contributed by atoms with Gasteiger partial charge in [-0.1, -0.05) is 0 Å². The maximum absolute atomic E-state index is 11.5. The van der Waals surface area contributed by atoms with Gasteiger partial charge in [-0.25, -0.2) is 0 Å². The lowest BCUT2D eigenvalue weighted by Gasteiger charge is -2.10. The van der Waals surface area contributed by atoms with Crippen molar-refractivity contribution in [2.45, 2.75) is 25.7 Å². The quantitative estimate of drug-likeness (QED) is 0.887. The van der Waals surface area contributed by atoms with Gasteiger partial charge in [0.05, 0.1) is 13.0 Å². The minimum Gasteiger partial charge on any atom is -0.497 e. The molecule has 2 N–H and O–H groups in total. The number of aromatic amines is 1. The fourth-order valence-electron chi connectivity index (χ4n) is 2.75. The van der Waals surface area contributed by atoms with Crippen LogP contribution in [0.3, 0.4) is 0 Å². The van der Waals surface area contributed by atoms with Crippen molar-refractivity contribution in [1.29, 1.82) is 0 Å². The molecule has 1 heterocycles. The van der Waals surface area contributed by atoms with Gasteiger partial charge in [0, 0.05) is 16.6 Å². The lowest BCUT2D eigenvalue weighted by molar-refractivity contribution is -0.139. The fraction of sp³-hybridized carbons (Fsp3) is 0.400. The fourth-order valence-corrected chi connectivity index (χ4v) is 2.75. The molecule has 0 radical (unpaired) electrons. The number of carbonyl (C=O) groups is 1. The molecule has 1 atom stereocenters. The molecule has 0 saturated heterocycles. The standard InChI is InChI=1S/C15H17NO3/c1-8-11-7-10(19-2)5-6-12(11)16-14(8)13(15(17)18)9-3-4-9/h5-7,9,13,16H,3-4H2,1-2H3,(H,17,18). The summed E-state index contributed by atoms with van der Waals surface area (Å²) >= 11 is 0. The SMILES string of the molecule is COc1ccc2[nH]c(C(C(=O)O)C3CC3)c(C)c2c1. The average molecular weight is 259 g/mol. The zero-order chi connectivity index (χ0) is 13.6. The van der Waals surface area contributed by atoms with Crippen molar-refractivity contribution in [2.75, 3.05) is 7.11 Å². The van der Waals surface area contributed by atoms with Crippen LogP contribution in [0.4, 0.5) is 0 Å². The molecule has 0 amide bonds. The molecule has 1 aromatic carbocycles. The van der Waals surface area contributed by atoms with Gasteiger partial charge in [0.15, 0.2) is 0 Å². The van der Waals surface area contributed by atoms with Gasteiger partial charge in [0.2, 0.25) is 0 Å². The molecule has 1 saturated carbocycles. The zero-order valence-electron chi connectivity index (χ0n) is 11.1. The van der Waals surface area contributed by atoms with Gasteiger partial charge in [0.25, 0.3) is 0 Å². The van der Waals surface area contributed by atoms with Crippen molar-refractivity contribution in [2.24, 2.45) is 5.92 Å². The first-order chi connectivity index (χ1) is 9.11. The van der Waals surface area contributed by atoms with Gasteiger partial charge in [-0.3, -0.25) is 4.79 Å². The van der Waals surface area contributed by atoms with Crippen molar-refractivity contribution in [3.8, 4) is 5.75 Å². The highest BCUT2D eigenvalue weighted by atomic mass is 16.5. The number of fused-ring (bicyclic) bond motifs is 1. The number of carboxylic acid groups (broad SMARTS) is 1. The predicted molar refractivity (Wildman–Crippen MR) is 72.7 cm³/mol. The largest absolute Gasteiger partial charge is 0.497 e. The maximum Gasteiger partial charge on any atom is 0.312 e. The summed E-state index contributed by atoms with van der Waals surface area (Å²) in [7, 11) is 1.63. The third kappa shape index (κ3) is 1.97. The van der Waals surface area contributed by atoms with E-state index in [0.717, 1.165) is 40.8 Å². The number of nitrogens with one attached hydrogen (secondary N) is 1. The van der Waals surface area contributed by atoms with E-state index >= 15 is 0 Å². The molecule has 0 bridgehead atoms. The number of aromatic nitrogens is 1. The van der Waals surface area contributed by atoms with Crippen LogP contribution >= 0.6 is 0 Å². The number of aryl methyl sites for hydroxylation is 1. The van der Waals surface area contributed by atoms with Crippen LogP contribution in [0.25, 0.3) is 10.9 Å². The maximum atomic E-state index is 11.5. The van der Waals surface area contributed by atoms with E-state index in [1.165, 1.54) is 0 Å². The van der Waals surface area contributed by atoms with E-state index in [1.54, 1.807) is 7.11 Å². The Hall–Kier alpha value is -1.97. The van der Waals surface area contributed by atoms with Crippen LogP contribution < -0.4 is 4.74 Å². The van der Waals surface area contributed by atoms with E-state index in [4.69, 9.17) is 4.74 Å². The number of ether oxygens (including phenoxy) is 1. The first-order valence-corrected chi connectivity index (χ1v) is 6.51. The van der Waals surface area contributed by atoms with E-state index in [2.05, 4.69) is 4.98 Å².